The Labute approximate surface area is 137 Å². The number of aliphatic hydroxyl groups excluding tert-OH is 1. The molecule has 0 spiro atoms. The van der Waals surface area contributed by atoms with Crippen molar-refractivity contribution in [2.45, 2.75) is 43.9 Å². The Morgan fingerprint density at radius 2 is 2.14 bits per heavy atom. The lowest BCUT2D eigenvalue weighted by molar-refractivity contribution is 0.216. The molecular formula is C17H26N2O2S. The molecule has 1 aliphatic heterocycles. The van der Waals surface area contributed by atoms with Crippen LogP contribution < -0.4 is 10.6 Å². The number of amides is 2. The third-order valence-corrected chi connectivity index (χ3v) is 5.74. The number of hydrogen-bond acceptors (Lipinski definition) is 3. The van der Waals surface area contributed by atoms with Gasteiger partial charge in [-0.2, -0.15) is 11.8 Å². The van der Waals surface area contributed by atoms with Gasteiger partial charge in [0.25, 0.3) is 0 Å². The molecule has 1 aromatic rings. The topological polar surface area (TPSA) is 61.4 Å². The fraction of sp³-hybridized carbons (Fsp3) is 0.588. The summed E-state index contributed by atoms with van der Waals surface area (Å²) in [6, 6.07) is 7.42. The van der Waals surface area contributed by atoms with Gasteiger partial charge in [-0.05, 0) is 43.1 Å². The first-order chi connectivity index (χ1) is 10.6. The second-order valence-electron chi connectivity index (χ2n) is 6.06. The van der Waals surface area contributed by atoms with Crippen LogP contribution >= 0.6 is 11.8 Å². The van der Waals surface area contributed by atoms with Crippen LogP contribution in [0.3, 0.4) is 0 Å². The number of aryl methyl sites for hydroxylation is 1. The van der Waals surface area contributed by atoms with E-state index in [9.17, 15) is 9.90 Å². The molecule has 2 unspecified atom stereocenters. The minimum Gasteiger partial charge on any atom is -0.394 e. The maximum atomic E-state index is 12.1. The molecule has 1 aromatic carbocycles. The van der Waals surface area contributed by atoms with Gasteiger partial charge < -0.3 is 15.7 Å². The van der Waals surface area contributed by atoms with Crippen molar-refractivity contribution in [3.8, 4) is 0 Å². The molecule has 3 N–H and O–H groups in total. The number of aliphatic hydroxyl groups is 1. The van der Waals surface area contributed by atoms with Gasteiger partial charge in [0.2, 0.25) is 0 Å². The number of carbonyl (C=O) groups excluding carboxylic acids is 1. The van der Waals surface area contributed by atoms with E-state index in [0.717, 1.165) is 18.4 Å². The fourth-order valence-corrected chi connectivity index (χ4v) is 3.92. The Morgan fingerprint density at radius 3 is 2.68 bits per heavy atom. The highest BCUT2D eigenvalue weighted by Gasteiger charge is 2.29. The SMILES string of the molecule is CCc1ccc(C(CO)NC(=O)NCC2(C)CCCS2)cc1. The molecule has 2 atom stereocenters. The van der Waals surface area contributed by atoms with Crippen LogP contribution in [0.4, 0.5) is 4.79 Å². The van der Waals surface area contributed by atoms with Gasteiger partial charge in [-0.1, -0.05) is 31.2 Å². The second kappa shape index (κ2) is 7.88. The minimum atomic E-state index is -0.366. The molecule has 1 saturated heterocycles. The highest BCUT2D eigenvalue weighted by Crippen LogP contribution is 2.36. The molecule has 4 nitrogen and oxygen atoms in total. The summed E-state index contributed by atoms with van der Waals surface area (Å²) in [6.45, 7) is 4.85. The van der Waals surface area contributed by atoms with Gasteiger partial charge in [-0.3, -0.25) is 0 Å². The third-order valence-electron chi connectivity index (χ3n) is 4.20. The molecule has 0 aromatic heterocycles. The summed E-state index contributed by atoms with van der Waals surface area (Å²) in [5, 5.41) is 15.3. The van der Waals surface area contributed by atoms with E-state index in [0.29, 0.717) is 6.54 Å². The molecule has 0 aliphatic carbocycles. The average Bonchev–Trinajstić information content (AvgIpc) is 2.98. The van der Waals surface area contributed by atoms with Crippen LogP contribution in [-0.2, 0) is 6.42 Å². The van der Waals surface area contributed by atoms with E-state index in [4.69, 9.17) is 0 Å². The Kier molecular flexibility index (Phi) is 6.15. The highest BCUT2D eigenvalue weighted by atomic mass is 32.2. The van der Waals surface area contributed by atoms with Gasteiger partial charge in [0, 0.05) is 11.3 Å². The number of benzene rings is 1. The van der Waals surface area contributed by atoms with E-state index in [1.807, 2.05) is 36.0 Å². The van der Waals surface area contributed by atoms with Crippen LogP contribution in [0, 0.1) is 0 Å². The van der Waals surface area contributed by atoms with Crippen LogP contribution in [0.15, 0.2) is 24.3 Å². The molecule has 0 radical (unpaired) electrons. The zero-order valence-corrected chi connectivity index (χ0v) is 14.2. The Morgan fingerprint density at radius 1 is 1.41 bits per heavy atom. The first-order valence-corrected chi connectivity index (χ1v) is 8.93. The monoisotopic (exact) mass is 322 g/mol. The van der Waals surface area contributed by atoms with Gasteiger partial charge in [-0.25, -0.2) is 4.79 Å². The highest BCUT2D eigenvalue weighted by molar-refractivity contribution is 8.00. The molecule has 22 heavy (non-hydrogen) atoms. The predicted molar refractivity (Wildman–Crippen MR) is 92.3 cm³/mol. The molecule has 122 valence electrons. The van der Waals surface area contributed by atoms with Crippen molar-refractivity contribution in [2.75, 3.05) is 18.9 Å². The summed E-state index contributed by atoms with van der Waals surface area (Å²) in [7, 11) is 0. The van der Waals surface area contributed by atoms with Crippen molar-refractivity contribution in [2.24, 2.45) is 0 Å². The maximum absolute atomic E-state index is 12.1. The third kappa shape index (κ3) is 4.65. The Hall–Kier alpha value is -1.20. The largest absolute Gasteiger partial charge is 0.394 e. The van der Waals surface area contributed by atoms with E-state index >= 15 is 0 Å². The van der Waals surface area contributed by atoms with Crippen LogP contribution in [-0.4, -0.2) is 34.8 Å². The number of rotatable bonds is 6. The number of thioether (sulfide) groups is 1. The normalized spacial score (nSPS) is 22.3. The lowest BCUT2D eigenvalue weighted by atomic mass is 10.0. The van der Waals surface area contributed by atoms with E-state index in [1.54, 1.807) is 0 Å². The van der Waals surface area contributed by atoms with Gasteiger partial charge in [0.1, 0.15) is 0 Å². The zero-order valence-electron chi connectivity index (χ0n) is 13.4. The lowest BCUT2D eigenvalue weighted by Crippen LogP contribution is -2.44. The molecule has 0 saturated carbocycles. The summed E-state index contributed by atoms with van der Waals surface area (Å²) >= 11 is 1.92. The van der Waals surface area contributed by atoms with E-state index in [1.165, 1.54) is 17.7 Å². The Balaban J connectivity index is 1.87. The van der Waals surface area contributed by atoms with Gasteiger partial charge in [0.05, 0.1) is 12.6 Å². The van der Waals surface area contributed by atoms with Crippen LogP contribution in [0.1, 0.15) is 43.9 Å². The molecule has 2 amide bonds. The number of carbonyl (C=O) groups is 1. The van der Waals surface area contributed by atoms with Gasteiger partial charge in [-0.15, -0.1) is 0 Å². The standard InChI is InChI=1S/C17H26N2O2S/c1-3-13-5-7-14(8-6-13)15(11-20)19-16(21)18-12-17(2)9-4-10-22-17/h5-8,15,20H,3-4,9-12H2,1-2H3,(H2,18,19,21). The smallest absolute Gasteiger partial charge is 0.315 e. The van der Waals surface area contributed by atoms with Gasteiger partial charge in [0.15, 0.2) is 0 Å². The molecule has 1 fully saturated rings. The van der Waals surface area contributed by atoms with Gasteiger partial charge >= 0.3 is 6.03 Å². The fourth-order valence-electron chi connectivity index (χ4n) is 2.67. The molecule has 1 aliphatic rings. The Bertz CT molecular complexity index is 484. The molecular weight excluding hydrogens is 296 g/mol. The second-order valence-corrected chi connectivity index (χ2v) is 7.74. The summed E-state index contributed by atoms with van der Waals surface area (Å²) in [6.07, 6.45) is 3.33. The predicted octanol–water partition coefficient (Wildman–Crippen LogP) is 2.87. The minimum absolute atomic E-state index is 0.106. The summed E-state index contributed by atoms with van der Waals surface area (Å²) in [4.78, 5) is 12.1. The van der Waals surface area contributed by atoms with E-state index < -0.39 is 0 Å². The van der Waals surface area contributed by atoms with Crippen LogP contribution in [0.25, 0.3) is 0 Å². The summed E-state index contributed by atoms with van der Waals surface area (Å²) < 4.78 is 0.148. The van der Waals surface area contributed by atoms with Crippen molar-refractivity contribution in [1.82, 2.24) is 10.6 Å². The molecule has 5 heteroatoms. The van der Waals surface area contributed by atoms with Crippen LogP contribution in [0.5, 0.6) is 0 Å². The number of hydrogen-bond donors (Lipinski definition) is 3. The average molecular weight is 322 g/mol. The summed E-state index contributed by atoms with van der Waals surface area (Å²) in [5.74, 6) is 1.17. The maximum Gasteiger partial charge on any atom is 0.315 e. The quantitative estimate of drug-likeness (QED) is 0.755. The van der Waals surface area contributed by atoms with Crippen LogP contribution in [0.2, 0.25) is 0 Å². The van der Waals surface area contributed by atoms with E-state index in [2.05, 4.69) is 24.5 Å². The van der Waals surface area contributed by atoms with E-state index in [-0.39, 0.29) is 23.4 Å². The molecule has 0 bridgehead atoms. The van der Waals surface area contributed by atoms with Crippen molar-refractivity contribution < 1.29 is 9.90 Å². The first-order valence-electron chi connectivity index (χ1n) is 7.94. The first kappa shape index (κ1) is 17.2. The van der Waals surface area contributed by atoms with Crippen molar-refractivity contribution >= 4 is 17.8 Å². The molecule has 2 rings (SSSR count). The van der Waals surface area contributed by atoms with Crippen molar-refractivity contribution in [3.63, 3.8) is 0 Å². The lowest BCUT2D eigenvalue weighted by Gasteiger charge is -2.24. The molecule has 1 heterocycles. The van der Waals surface area contributed by atoms with Crippen molar-refractivity contribution in [3.05, 3.63) is 35.4 Å². The van der Waals surface area contributed by atoms with Crippen molar-refractivity contribution in [1.29, 1.82) is 0 Å². The zero-order chi connectivity index (χ0) is 16.0. The summed E-state index contributed by atoms with van der Waals surface area (Å²) in [5.41, 5.74) is 2.17. The number of urea groups is 1. The number of nitrogens with one attached hydrogen (secondary N) is 2.